The van der Waals surface area contributed by atoms with E-state index in [2.05, 4.69) is 35.1 Å². The van der Waals surface area contributed by atoms with E-state index in [-0.39, 0.29) is 0 Å². The third-order valence-electron chi connectivity index (χ3n) is 3.83. The molecule has 0 atom stereocenters. The number of pyridine rings is 1. The molecule has 5 heteroatoms. The lowest BCUT2D eigenvalue weighted by Gasteiger charge is -2.32. The molecule has 0 bridgehead atoms. The lowest BCUT2D eigenvalue weighted by molar-refractivity contribution is 0.240. The zero-order valence-electron chi connectivity index (χ0n) is 12.9. The minimum atomic E-state index is 0.444. The first-order chi connectivity index (χ1) is 9.95. The molecule has 21 heavy (non-hydrogen) atoms. The Hall–Kier alpha value is -0.770. The highest BCUT2D eigenvalue weighted by Gasteiger charge is 2.20. The van der Waals surface area contributed by atoms with Crippen LogP contribution >= 0.6 is 23.2 Å². The standard InChI is InChI=1S/C16H23Cl2N3/c1-11(2)4-7-21-8-5-13(6-9-21)19-15-12(3)10-14(17)20-16(15)18/h4,10,13,19H,5-9H2,1-3H3. The predicted molar refractivity (Wildman–Crippen MR) is 91.5 cm³/mol. The highest BCUT2D eigenvalue weighted by molar-refractivity contribution is 6.34. The molecule has 0 aromatic carbocycles. The van der Waals surface area contributed by atoms with Gasteiger partial charge < -0.3 is 5.32 Å². The molecule has 3 nitrogen and oxygen atoms in total. The van der Waals surface area contributed by atoms with Crippen molar-refractivity contribution in [2.24, 2.45) is 0 Å². The molecule has 1 aliphatic heterocycles. The van der Waals surface area contributed by atoms with Crippen LogP contribution in [0.4, 0.5) is 5.69 Å². The van der Waals surface area contributed by atoms with Crippen molar-refractivity contribution in [2.45, 2.75) is 39.7 Å². The van der Waals surface area contributed by atoms with Gasteiger partial charge in [0.2, 0.25) is 0 Å². The molecule has 2 heterocycles. The third kappa shape index (κ3) is 4.87. The maximum Gasteiger partial charge on any atom is 0.154 e. The maximum atomic E-state index is 6.19. The predicted octanol–water partition coefficient (Wildman–Crippen LogP) is 4.54. The van der Waals surface area contributed by atoms with Crippen LogP contribution in [0.5, 0.6) is 0 Å². The molecule has 0 amide bonds. The second kappa shape index (κ2) is 7.48. The van der Waals surface area contributed by atoms with E-state index in [1.54, 1.807) is 0 Å². The Kier molecular flexibility index (Phi) is 5.91. The average molecular weight is 328 g/mol. The van der Waals surface area contributed by atoms with Crippen LogP contribution in [0.25, 0.3) is 0 Å². The zero-order chi connectivity index (χ0) is 15.4. The molecule has 0 aliphatic carbocycles. The van der Waals surface area contributed by atoms with Crippen molar-refractivity contribution < 1.29 is 0 Å². The van der Waals surface area contributed by atoms with Crippen molar-refractivity contribution in [3.05, 3.63) is 33.6 Å². The lowest BCUT2D eigenvalue weighted by atomic mass is 10.0. The molecule has 0 spiro atoms. The molecule has 1 aliphatic rings. The molecule has 0 saturated carbocycles. The second-order valence-corrected chi connectivity index (χ2v) is 6.67. The summed E-state index contributed by atoms with van der Waals surface area (Å²) in [6.07, 6.45) is 4.53. The summed E-state index contributed by atoms with van der Waals surface area (Å²) >= 11 is 12.1. The van der Waals surface area contributed by atoms with Crippen molar-refractivity contribution >= 4 is 28.9 Å². The number of nitrogens with one attached hydrogen (secondary N) is 1. The second-order valence-electron chi connectivity index (χ2n) is 5.93. The number of nitrogens with zero attached hydrogens (tertiary/aromatic N) is 2. The molecule has 0 unspecified atom stereocenters. The van der Waals surface area contributed by atoms with Gasteiger partial charge >= 0.3 is 0 Å². The number of allylic oxidation sites excluding steroid dienone is 1. The van der Waals surface area contributed by atoms with E-state index in [0.29, 0.717) is 16.3 Å². The van der Waals surface area contributed by atoms with E-state index in [4.69, 9.17) is 23.2 Å². The summed E-state index contributed by atoms with van der Waals surface area (Å²) in [7, 11) is 0. The topological polar surface area (TPSA) is 28.2 Å². The molecular weight excluding hydrogens is 305 g/mol. The molecule has 116 valence electrons. The first kappa shape index (κ1) is 16.6. The highest BCUT2D eigenvalue weighted by Crippen LogP contribution is 2.28. The van der Waals surface area contributed by atoms with Crippen LogP contribution in [0.1, 0.15) is 32.3 Å². The normalized spacial score (nSPS) is 16.8. The average Bonchev–Trinajstić information content (AvgIpc) is 2.41. The number of aryl methyl sites for hydroxylation is 1. The summed E-state index contributed by atoms with van der Waals surface area (Å²) < 4.78 is 0. The third-order valence-corrected chi connectivity index (χ3v) is 4.30. The van der Waals surface area contributed by atoms with Crippen molar-refractivity contribution in [1.29, 1.82) is 0 Å². The van der Waals surface area contributed by atoms with Crippen LogP contribution in [-0.2, 0) is 0 Å². The van der Waals surface area contributed by atoms with Gasteiger partial charge in [0.05, 0.1) is 5.69 Å². The molecule has 2 rings (SSSR count). The molecule has 1 aromatic heterocycles. The number of halogens is 2. The molecule has 1 aromatic rings. The van der Waals surface area contributed by atoms with Crippen molar-refractivity contribution in [1.82, 2.24) is 9.88 Å². The zero-order valence-corrected chi connectivity index (χ0v) is 14.4. The number of likely N-dealkylation sites (tertiary alicyclic amines) is 1. The van der Waals surface area contributed by atoms with Gasteiger partial charge in [0.1, 0.15) is 5.15 Å². The number of aromatic nitrogens is 1. The molecule has 0 radical (unpaired) electrons. The Labute approximate surface area is 137 Å². The van der Waals surface area contributed by atoms with Gasteiger partial charge in [-0.2, -0.15) is 0 Å². The Balaban J connectivity index is 1.91. The molecular formula is C16H23Cl2N3. The monoisotopic (exact) mass is 327 g/mol. The summed E-state index contributed by atoms with van der Waals surface area (Å²) in [6.45, 7) is 9.57. The van der Waals surface area contributed by atoms with Gasteiger partial charge in [-0.1, -0.05) is 34.9 Å². The van der Waals surface area contributed by atoms with Crippen LogP contribution in [0.3, 0.4) is 0 Å². The number of piperidine rings is 1. The Morgan fingerprint density at radius 1 is 1.38 bits per heavy atom. The maximum absolute atomic E-state index is 6.19. The Bertz CT molecular complexity index is 493. The van der Waals surface area contributed by atoms with Crippen LogP contribution < -0.4 is 5.32 Å². The summed E-state index contributed by atoms with van der Waals surface area (Å²) in [4.78, 5) is 6.60. The molecule has 1 N–H and O–H groups in total. The SMILES string of the molecule is CC(C)=CCN1CCC(Nc2c(C)cc(Cl)nc2Cl)CC1. The minimum Gasteiger partial charge on any atom is -0.380 e. The van der Waals surface area contributed by atoms with E-state index in [1.807, 2.05) is 13.0 Å². The van der Waals surface area contributed by atoms with Crippen LogP contribution in [-0.4, -0.2) is 35.6 Å². The van der Waals surface area contributed by atoms with E-state index in [9.17, 15) is 0 Å². The van der Waals surface area contributed by atoms with Crippen LogP contribution in [0, 0.1) is 6.92 Å². The Morgan fingerprint density at radius 3 is 2.62 bits per heavy atom. The van der Waals surface area contributed by atoms with Gasteiger partial charge in [0, 0.05) is 25.7 Å². The van der Waals surface area contributed by atoms with Crippen molar-refractivity contribution in [3.63, 3.8) is 0 Å². The van der Waals surface area contributed by atoms with Crippen molar-refractivity contribution in [2.75, 3.05) is 25.0 Å². The fourth-order valence-electron chi connectivity index (χ4n) is 2.54. The summed E-state index contributed by atoms with van der Waals surface area (Å²) in [5.41, 5.74) is 3.35. The fraction of sp³-hybridized carbons (Fsp3) is 0.562. The summed E-state index contributed by atoms with van der Waals surface area (Å²) in [6, 6.07) is 2.30. The molecule has 1 fully saturated rings. The molecule has 1 saturated heterocycles. The van der Waals surface area contributed by atoms with E-state index < -0.39 is 0 Å². The number of rotatable bonds is 4. The first-order valence-corrected chi connectivity index (χ1v) is 8.16. The van der Waals surface area contributed by atoms with Gasteiger partial charge in [-0.05, 0) is 45.2 Å². The van der Waals surface area contributed by atoms with Gasteiger partial charge in [-0.15, -0.1) is 0 Å². The summed E-state index contributed by atoms with van der Waals surface area (Å²) in [5, 5.41) is 4.44. The smallest absolute Gasteiger partial charge is 0.154 e. The lowest BCUT2D eigenvalue weighted by Crippen LogP contribution is -2.39. The summed E-state index contributed by atoms with van der Waals surface area (Å²) in [5.74, 6) is 0. The fourth-order valence-corrected chi connectivity index (χ4v) is 3.13. The highest BCUT2D eigenvalue weighted by atomic mass is 35.5. The number of hydrogen-bond donors (Lipinski definition) is 1. The van der Waals surface area contributed by atoms with E-state index in [1.165, 1.54) is 5.57 Å². The Morgan fingerprint density at radius 2 is 2.05 bits per heavy atom. The largest absolute Gasteiger partial charge is 0.380 e. The van der Waals surface area contributed by atoms with Gasteiger partial charge in [-0.3, -0.25) is 4.90 Å². The first-order valence-electron chi connectivity index (χ1n) is 7.40. The quantitative estimate of drug-likeness (QED) is 0.650. The van der Waals surface area contributed by atoms with E-state index >= 15 is 0 Å². The van der Waals surface area contributed by atoms with Gasteiger partial charge in [0.25, 0.3) is 0 Å². The van der Waals surface area contributed by atoms with Gasteiger partial charge in [-0.25, -0.2) is 4.98 Å². The van der Waals surface area contributed by atoms with Crippen LogP contribution in [0.15, 0.2) is 17.7 Å². The number of hydrogen-bond acceptors (Lipinski definition) is 3. The van der Waals surface area contributed by atoms with Crippen molar-refractivity contribution in [3.8, 4) is 0 Å². The minimum absolute atomic E-state index is 0.444. The number of anilines is 1. The van der Waals surface area contributed by atoms with Gasteiger partial charge in [0.15, 0.2) is 5.15 Å². The van der Waals surface area contributed by atoms with E-state index in [0.717, 1.165) is 43.7 Å². The van der Waals surface area contributed by atoms with Crippen LogP contribution in [0.2, 0.25) is 10.3 Å².